The first-order valence-corrected chi connectivity index (χ1v) is 6.82. The molecule has 0 nitrogen and oxygen atoms in total. The minimum absolute atomic E-state index is 0.867. The fourth-order valence-corrected chi connectivity index (χ4v) is 2.28. The van der Waals surface area contributed by atoms with E-state index >= 15 is 0 Å². The zero-order chi connectivity index (χ0) is 12.1. The zero-order valence-corrected chi connectivity index (χ0v) is 11.4. The molecule has 2 rings (SSSR count). The van der Waals surface area contributed by atoms with Crippen molar-refractivity contribution >= 4 is 21.5 Å². The first-order chi connectivity index (χ1) is 8.33. The van der Waals surface area contributed by atoms with Crippen molar-refractivity contribution in [2.45, 2.75) is 6.92 Å². The number of hydrogen-bond donors (Lipinski definition) is 0. The van der Waals surface area contributed by atoms with E-state index in [1.807, 2.05) is 6.07 Å². The molecule has 0 heterocycles. The van der Waals surface area contributed by atoms with Gasteiger partial charge in [0.15, 0.2) is 0 Å². The van der Waals surface area contributed by atoms with Gasteiger partial charge in [-0.2, -0.15) is 0 Å². The summed E-state index contributed by atoms with van der Waals surface area (Å²) >= 11 is 3.49. The highest BCUT2D eigenvalue weighted by molar-refractivity contribution is 9.09. The summed E-state index contributed by atoms with van der Waals surface area (Å²) in [4.78, 5) is 0. The van der Waals surface area contributed by atoms with Crippen molar-refractivity contribution in [2.24, 2.45) is 0 Å². The molecule has 0 saturated carbocycles. The van der Waals surface area contributed by atoms with Crippen molar-refractivity contribution in [3.63, 3.8) is 0 Å². The lowest BCUT2D eigenvalue weighted by Crippen LogP contribution is -1.91. The second kappa shape index (κ2) is 5.83. The molecule has 0 aliphatic carbocycles. The maximum Gasteiger partial charge on any atom is 0.0221 e. The predicted molar refractivity (Wildman–Crippen MR) is 78.5 cm³/mol. The third-order valence-corrected chi connectivity index (χ3v) is 3.13. The first-order valence-electron chi connectivity index (χ1n) is 5.70. The molecule has 0 N–H and O–H groups in total. The van der Waals surface area contributed by atoms with Crippen molar-refractivity contribution in [3.05, 3.63) is 77.4 Å². The number of hydrogen-bond acceptors (Lipinski definition) is 0. The van der Waals surface area contributed by atoms with E-state index in [0.717, 1.165) is 5.33 Å². The Balaban J connectivity index is 2.52. The van der Waals surface area contributed by atoms with Gasteiger partial charge in [-0.3, -0.25) is 0 Å². The van der Waals surface area contributed by atoms with Crippen LogP contribution in [0, 0.1) is 6.92 Å². The average Bonchev–Trinajstić information content (AvgIpc) is 2.38. The molecule has 0 unspecified atom stereocenters. The molecule has 0 amide bonds. The normalized spacial score (nSPS) is 11.5. The summed E-state index contributed by atoms with van der Waals surface area (Å²) < 4.78 is 0. The lowest BCUT2D eigenvalue weighted by molar-refractivity contribution is 1.41. The molecule has 0 aliphatic heterocycles. The van der Waals surface area contributed by atoms with Crippen molar-refractivity contribution in [3.8, 4) is 0 Å². The van der Waals surface area contributed by atoms with Gasteiger partial charge in [-0.05, 0) is 29.2 Å². The van der Waals surface area contributed by atoms with Gasteiger partial charge in [0.1, 0.15) is 0 Å². The number of halogens is 1. The number of benzene rings is 2. The zero-order valence-electron chi connectivity index (χ0n) is 9.86. The summed E-state index contributed by atoms with van der Waals surface area (Å²) in [7, 11) is 0. The van der Waals surface area contributed by atoms with E-state index in [4.69, 9.17) is 0 Å². The lowest BCUT2D eigenvalue weighted by atomic mass is 9.94. The summed E-state index contributed by atoms with van der Waals surface area (Å²) in [6.07, 6.45) is 2.22. The summed E-state index contributed by atoms with van der Waals surface area (Å²) in [6, 6.07) is 19.0. The molecule has 2 aromatic rings. The molecule has 2 aromatic carbocycles. The van der Waals surface area contributed by atoms with Gasteiger partial charge in [-0.1, -0.05) is 76.6 Å². The van der Waals surface area contributed by atoms with Crippen molar-refractivity contribution in [1.82, 2.24) is 0 Å². The predicted octanol–water partition coefficient (Wildman–Crippen LogP) is 4.82. The largest absolute Gasteiger partial charge is 0.0883 e. The molecule has 0 atom stereocenters. The van der Waals surface area contributed by atoms with Gasteiger partial charge in [0.25, 0.3) is 0 Å². The molecule has 0 aliphatic rings. The minimum atomic E-state index is 0.867. The maximum atomic E-state index is 3.49. The Morgan fingerprint density at radius 3 is 2.29 bits per heavy atom. The van der Waals surface area contributed by atoms with Crippen LogP contribution in [0.5, 0.6) is 0 Å². The molecule has 0 radical (unpaired) electrons. The third-order valence-electron chi connectivity index (χ3n) is 2.80. The summed E-state index contributed by atoms with van der Waals surface area (Å²) in [5, 5.41) is 0.867. The number of aryl methyl sites for hydroxylation is 1. The molecule has 0 aromatic heterocycles. The molecule has 0 fully saturated rings. The Hall–Kier alpha value is -1.34. The number of rotatable bonds is 3. The van der Waals surface area contributed by atoms with Crippen molar-refractivity contribution in [2.75, 3.05) is 5.33 Å². The van der Waals surface area contributed by atoms with E-state index in [1.165, 1.54) is 22.3 Å². The molecule has 17 heavy (non-hydrogen) atoms. The smallest absolute Gasteiger partial charge is 0.0221 e. The van der Waals surface area contributed by atoms with Gasteiger partial charge < -0.3 is 0 Å². The maximum absolute atomic E-state index is 3.49. The summed E-state index contributed by atoms with van der Waals surface area (Å²) in [6.45, 7) is 2.15. The molecule has 1 heteroatoms. The monoisotopic (exact) mass is 286 g/mol. The van der Waals surface area contributed by atoms with Gasteiger partial charge in [0.05, 0.1) is 0 Å². The Bertz CT molecular complexity index is 512. The molecule has 0 bridgehead atoms. The van der Waals surface area contributed by atoms with Crippen LogP contribution in [0.1, 0.15) is 16.7 Å². The summed E-state index contributed by atoms with van der Waals surface area (Å²) in [5.41, 5.74) is 5.17. The van der Waals surface area contributed by atoms with Crippen LogP contribution >= 0.6 is 15.9 Å². The Labute approximate surface area is 111 Å². The lowest BCUT2D eigenvalue weighted by Gasteiger charge is -2.11. The van der Waals surface area contributed by atoms with Gasteiger partial charge in [0, 0.05) is 5.33 Å². The van der Waals surface area contributed by atoms with E-state index in [2.05, 4.69) is 77.5 Å². The van der Waals surface area contributed by atoms with Gasteiger partial charge in [-0.15, -0.1) is 0 Å². The highest BCUT2D eigenvalue weighted by Gasteiger charge is 2.06. The van der Waals surface area contributed by atoms with Crippen LogP contribution in [0.2, 0.25) is 0 Å². The van der Waals surface area contributed by atoms with Crippen LogP contribution in [0.3, 0.4) is 0 Å². The third kappa shape index (κ3) is 2.86. The highest BCUT2D eigenvalue weighted by atomic mass is 79.9. The Kier molecular flexibility index (Phi) is 4.16. The molecule has 86 valence electrons. The Morgan fingerprint density at radius 1 is 1.00 bits per heavy atom. The van der Waals surface area contributed by atoms with Crippen molar-refractivity contribution in [1.29, 1.82) is 0 Å². The van der Waals surface area contributed by atoms with E-state index in [9.17, 15) is 0 Å². The van der Waals surface area contributed by atoms with Gasteiger partial charge in [-0.25, -0.2) is 0 Å². The fourth-order valence-electron chi connectivity index (χ4n) is 1.95. The first kappa shape index (κ1) is 12.1. The molecule has 0 spiro atoms. The topological polar surface area (TPSA) is 0 Å². The second-order valence-corrected chi connectivity index (χ2v) is 4.60. The molecular formula is C16H15Br. The Morgan fingerprint density at radius 2 is 1.65 bits per heavy atom. The van der Waals surface area contributed by atoms with Crippen LogP contribution < -0.4 is 0 Å². The SMILES string of the molecule is Cc1ccccc1C(=CCBr)c1ccccc1. The van der Waals surface area contributed by atoms with Crippen LogP contribution in [0.4, 0.5) is 0 Å². The van der Waals surface area contributed by atoms with E-state index < -0.39 is 0 Å². The number of alkyl halides is 1. The van der Waals surface area contributed by atoms with Gasteiger partial charge in [0.2, 0.25) is 0 Å². The van der Waals surface area contributed by atoms with Crippen LogP contribution in [-0.4, -0.2) is 5.33 Å². The molecule has 0 saturated heterocycles. The standard InChI is InChI=1S/C16H15Br/c1-13-7-5-6-10-15(13)16(11-12-17)14-8-3-2-4-9-14/h2-11H,12H2,1H3. The second-order valence-electron chi connectivity index (χ2n) is 3.95. The van der Waals surface area contributed by atoms with Crippen LogP contribution in [0.25, 0.3) is 5.57 Å². The minimum Gasteiger partial charge on any atom is -0.0883 e. The average molecular weight is 287 g/mol. The van der Waals surface area contributed by atoms with E-state index in [0.29, 0.717) is 0 Å². The van der Waals surface area contributed by atoms with E-state index in [-0.39, 0.29) is 0 Å². The molecular weight excluding hydrogens is 272 g/mol. The quantitative estimate of drug-likeness (QED) is 0.710. The van der Waals surface area contributed by atoms with Crippen molar-refractivity contribution < 1.29 is 0 Å². The van der Waals surface area contributed by atoms with Crippen LogP contribution in [0.15, 0.2) is 60.7 Å². The fraction of sp³-hybridized carbons (Fsp3) is 0.125. The van der Waals surface area contributed by atoms with Crippen LogP contribution in [-0.2, 0) is 0 Å². The summed E-state index contributed by atoms with van der Waals surface area (Å²) in [5.74, 6) is 0. The highest BCUT2D eigenvalue weighted by Crippen LogP contribution is 2.26. The van der Waals surface area contributed by atoms with E-state index in [1.54, 1.807) is 0 Å². The van der Waals surface area contributed by atoms with Gasteiger partial charge >= 0.3 is 0 Å². The number of allylic oxidation sites excluding steroid dienone is 1.